The van der Waals surface area contributed by atoms with E-state index < -0.39 is 0 Å². The molecule has 4 heterocycles. The molecule has 0 radical (unpaired) electrons. The molecule has 0 atom stereocenters. The van der Waals surface area contributed by atoms with Crippen LogP contribution in [0.4, 0.5) is 5.69 Å². The van der Waals surface area contributed by atoms with Gasteiger partial charge in [0.1, 0.15) is 10.9 Å². The van der Waals surface area contributed by atoms with E-state index in [0.717, 1.165) is 42.9 Å². The van der Waals surface area contributed by atoms with Gasteiger partial charge in [-0.1, -0.05) is 23.4 Å². The van der Waals surface area contributed by atoms with E-state index in [2.05, 4.69) is 26.8 Å². The Labute approximate surface area is 163 Å². The van der Waals surface area contributed by atoms with Crippen LogP contribution in [0.15, 0.2) is 24.7 Å². The zero-order chi connectivity index (χ0) is 18.6. The van der Waals surface area contributed by atoms with E-state index in [1.165, 1.54) is 0 Å². The molecule has 2 fully saturated rings. The molecule has 4 rings (SSSR count). The zero-order valence-electron chi connectivity index (χ0n) is 15.0. The summed E-state index contributed by atoms with van der Waals surface area (Å²) in [5.41, 5.74) is 2.62. The number of rotatable bonds is 2. The molecule has 27 heavy (non-hydrogen) atoms. The number of ether oxygens (including phenoxy) is 1. The molecule has 2 aliphatic rings. The lowest BCUT2D eigenvalue weighted by atomic mass is 10.1. The van der Waals surface area contributed by atoms with Gasteiger partial charge in [0.05, 0.1) is 29.1 Å². The minimum absolute atomic E-state index is 0.305. The monoisotopic (exact) mass is 384 g/mol. The Morgan fingerprint density at radius 3 is 2.70 bits per heavy atom. The molecule has 2 aliphatic heterocycles. The summed E-state index contributed by atoms with van der Waals surface area (Å²) in [4.78, 5) is 17.9. The van der Waals surface area contributed by atoms with Crippen LogP contribution in [-0.2, 0) is 9.53 Å². The van der Waals surface area contributed by atoms with E-state index in [1.54, 1.807) is 12.4 Å². The Hall–Kier alpha value is -2.36. The number of hydrogen-bond donors (Lipinski definition) is 0. The maximum Gasteiger partial charge on any atom is 0.136 e. The lowest BCUT2D eigenvalue weighted by molar-refractivity contribution is -0.119. The molecule has 6 nitrogen and oxygen atoms in total. The topological polar surface area (TPSA) is 60.2 Å². The molecule has 7 heteroatoms. The van der Waals surface area contributed by atoms with Crippen LogP contribution in [-0.4, -0.2) is 46.9 Å². The third-order valence-corrected chi connectivity index (χ3v) is 5.23. The molecule has 0 aromatic carbocycles. The second-order valence-corrected chi connectivity index (χ2v) is 7.24. The number of Topliss-reactive ketones (excluding diaryl/α,β-unsaturated/α-hetero) is 1. The Balaban J connectivity index is 1.55. The molecule has 0 saturated carbocycles. The first-order chi connectivity index (χ1) is 13.2. The van der Waals surface area contributed by atoms with Gasteiger partial charge in [-0.2, -0.15) is 5.10 Å². The van der Waals surface area contributed by atoms with Crippen LogP contribution < -0.4 is 4.90 Å². The Kier molecular flexibility index (Phi) is 5.42. The van der Waals surface area contributed by atoms with Gasteiger partial charge in [-0.05, 0) is 12.8 Å². The van der Waals surface area contributed by atoms with E-state index in [-0.39, 0.29) is 0 Å². The van der Waals surface area contributed by atoms with Crippen LogP contribution in [0.5, 0.6) is 0 Å². The molecule has 140 valence electrons. The minimum atomic E-state index is 0.305. The quantitative estimate of drug-likeness (QED) is 0.588. The van der Waals surface area contributed by atoms with Crippen molar-refractivity contribution in [3.8, 4) is 11.8 Å². The first-order valence-corrected chi connectivity index (χ1v) is 9.63. The number of halogens is 1. The summed E-state index contributed by atoms with van der Waals surface area (Å²) in [5.74, 6) is 6.70. The van der Waals surface area contributed by atoms with Gasteiger partial charge in [-0.15, -0.1) is 0 Å². The van der Waals surface area contributed by atoms with Crippen molar-refractivity contribution in [2.24, 2.45) is 0 Å². The van der Waals surface area contributed by atoms with Gasteiger partial charge < -0.3 is 9.64 Å². The molecule has 2 aromatic heterocycles. The molecule has 2 aromatic rings. The summed E-state index contributed by atoms with van der Waals surface area (Å²) in [5, 5.41) is 4.89. The van der Waals surface area contributed by atoms with Crippen LogP contribution in [0.2, 0.25) is 5.15 Å². The number of hydrogen-bond acceptors (Lipinski definition) is 5. The summed E-state index contributed by atoms with van der Waals surface area (Å²) in [6, 6.07) is 2.21. The van der Waals surface area contributed by atoms with Crippen molar-refractivity contribution in [2.45, 2.75) is 31.7 Å². The van der Waals surface area contributed by atoms with E-state index in [9.17, 15) is 4.79 Å². The van der Waals surface area contributed by atoms with Crippen molar-refractivity contribution in [3.05, 3.63) is 40.9 Å². The zero-order valence-corrected chi connectivity index (χ0v) is 15.8. The molecule has 0 amide bonds. The summed E-state index contributed by atoms with van der Waals surface area (Å²) in [6.45, 7) is 2.94. The van der Waals surface area contributed by atoms with Crippen molar-refractivity contribution >= 4 is 23.1 Å². The average molecular weight is 385 g/mol. The largest absolute Gasteiger partial charge is 0.381 e. The lowest BCUT2D eigenvalue weighted by Crippen LogP contribution is -2.34. The fourth-order valence-electron chi connectivity index (χ4n) is 3.47. The third kappa shape index (κ3) is 4.32. The fourth-order valence-corrected chi connectivity index (χ4v) is 3.62. The van der Waals surface area contributed by atoms with Gasteiger partial charge in [0.2, 0.25) is 0 Å². The van der Waals surface area contributed by atoms with E-state index in [0.29, 0.717) is 42.9 Å². The van der Waals surface area contributed by atoms with Crippen LogP contribution in [0.1, 0.15) is 42.9 Å². The highest BCUT2D eigenvalue weighted by atomic mass is 35.5. The lowest BCUT2D eigenvalue weighted by Gasteiger charge is -2.29. The normalized spacial score (nSPS) is 18.3. The number of pyridine rings is 1. The van der Waals surface area contributed by atoms with E-state index >= 15 is 0 Å². The third-order valence-electron chi connectivity index (χ3n) is 5.02. The highest BCUT2D eigenvalue weighted by molar-refractivity contribution is 6.29. The summed E-state index contributed by atoms with van der Waals surface area (Å²) in [7, 11) is 0. The summed E-state index contributed by atoms with van der Waals surface area (Å²) < 4.78 is 7.40. The molecule has 0 bridgehead atoms. The minimum Gasteiger partial charge on any atom is -0.381 e. The Morgan fingerprint density at radius 1 is 1.15 bits per heavy atom. The number of carbonyl (C=O) groups excluding carboxylic acids is 1. The number of ketones is 1. The van der Waals surface area contributed by atoms with Crippen LogP contribution in [0.25, 0.3) is 0 Å². The maximum atomic E-state index is 11.5. The second-order valence-electron chi connectivity index (χ2n) is 6.85. The van der Waals surface area contributed by atoms with Crippen molar-refractivity contribution in [1.82, 2.24) is 14.8 Å². The number of carbonyl (C=O) groups is 1. The van der Waals surface area contributed by atoms with Gasteiger partial charge in [-0.25, -0.2) is 4.98 Å². The highest BCUT2D eigenvalue weighted by Gasteiger charge is 2.19. The number of anilines is 1. The summed E-state index contributed by atoms with van der Waals surface area (Å²) in [6.07, 6.45) is 8.57. The van der Waals surface area contributed by atoms with Crippen LogP contribution in [0, 0.1) is 11.8 Å². The molecule has 0 unspecified atom stereocenters. The SMILES string of the molecule is O=C1CCN(c2cc(Cl)ncc2C#Cc2cnn(C3CCOCC3)c2)CC1. The standard InChI is InChI=1S/C20H21ClN4O2/c21-20-11-19(24-7-3-18(26)4-8-24)16(13-22-20)2-1-15-12-23-25(14-15)17-5-9-27-10-6-17/h11-14,17H,3-10H2. The highest BCUT2D eigenvalue weighted by Crippen LogP contribution is 2.25. The molecule has 2 saturated heterocycles. The second kappa shape index (κ2) is 8.12. The maximum absolute atomic E-state index is 11.5. The van der Waals surface area contributed by atoms with Crippen molar-refractivity contribution in [2.75, 3.05) is 31.2 Å². The van der Waals surface area contributed by atoms with Gasteiger partial charge in [0, 0.05) is 57.6 Å². The fraction of sp³-hybridized carbons (Fsp3) is 0.450. The van der Waals surface area contributed by atoms with Crippen LogP contribution in [0.3, 0.4) is 0 Å². The Morgan fingerprint density at radius 2 is 1.93 bits per heavy atom. The van der Waals surface area contributed by atoms with Crippen molar-refractivity contribution in [3.63, 3.8) is 0 Å². The Bertz CT molecular complexity index is 883. The summed E-state index contributed by atoms with van der Waals surface area (Å²) >= 11 is 6.09. The van der Waals surface area contributed by atoms with Gasteiger partial charge in [0.25, 0.3) is 0 Å². The number of aromatic nitrogens is 3. The van der Waals surface area contributed by atoms with Gasteiger partial charge in [0.15, 0.2) is 0 Å². The first kappa shape index (κ1) is 18.0. The number of nitrogens with zero attached hydrogens (tertiary/aromatic N) is 4. The first-order valence-electron chi connectivity index (χ1n) is 9.25. The molecular weight excluding hydrogens is 364 g/mol. The number of piperidine rings is 1. The average Bonchev–Trinajstić information content (AvgIpc) is 3.17. The predicted octanol–water partition coefficient (Wildman–Crippen LogP) is 2.85. The van der Waals surface area contributed by atoms with Crippen LogP contribution >= 0.6 is 11.6 Å². The molecule has 0 aliphatic carbocycles. The van der Waals surface area contributed by atoms with Gasteiger partial charge >= 0.3 is 0 Å². The van der Waals surface area contributed by atoms with Crippen molar-refractivity contribution < 1.29 is 9.53 Å². The van der Waals surface area contributed by atoms with E-state index in [1.807, 2.05) is 16.9 Å². The predicted molar refractivity (Wildman–Crippen MR) is 103 cm³/mol. The molecule has 0 N–H and O–H groups in total. The van der Waals surface area contributed by atoms with E-state index in [4.69, 9.17) is 16.3 Å². The molecule has 0 spiro atoms. The van der Waals surface area contributed by atoms with Crippen molar-refractivity contribution in [1.29, 1.82) is 0 Å². The smallest absolute Gasteiger partial charge is 0.136 e. The van der Waals surface area contributed by atoms with Gasteiger partial charge in [-0.3, -0.25) is 9.48 Å². The molecular formula is C20H21ClN4O2.